The number of para-hydroxylation sites is 2. The average molecular weight is 567 g/mol. The summed E-state index contributed by atoms with van der Waals surface area (Å²) >= 11 is 0. The fraction of sp³-hybridized carbons (Fsp3) is 0.448. The minimum absolute atomic E-state index is 0.115. The highest BCUT2D eigenvalue weighted by molar-refractivity contribution is 6.08. The van der Waals surface area contributed by atoms with Crippen LogP contribution in [-0.4, -0.2) is 110 Å². The largest absolute Gasteiger partial charge is 0.389 e. The van der Waals surface area contributed by atoms with E-state index in [1.54, 1.807) is 27.7 Å². The van der Waals surface area contributed by atoms with Gasteiger partial charge in [0.05, 0.1) is 25.3 Å². The Balaban J connectivity index is 1.40. The van der Waals surface area contributed by atoms with E-state index in [4.69, 9.17) is 0 Å². The van der Waals surface area contributed by atoms with Crippen LogP contribution in [0.4, 0.5) is 21.0 Å². The summed E-state index contributed by atoms with van der Waals surface area (Å²) in [7, 11) is 0. The van der Waals surface area contributed by atoms with E-state index < -0.39 is 47.2 Å². The van der Waals surface area contributed by atoms with E-state index in [2.05, 4.69) is 10.6 Å². The van der Waals surface area contributed by atoms with Gasteiger partial charge in [0.15, 0.2) is 0 Å². The first-order valence-electron chi connectivity index (χ1n) is 13.5. The Kier molecular flexibility index (Phi) is 8.55. The molecule has 0 aliphatic carbocycles. The zero-order chi connectivity index (χ0) is 29.9. The fourth-order valence-electron chi connectivity index (χ4n) is 4.91. The smallest absolute Gasteiger partial charge is 0.329 e. The van der Waals surface area contributed by atoms with E-state index in [0.717, 1.165) is 21.2 Å². The molecule has 2 fully saturated rings. The van der Waals surface area contributed by atoms with Crippen LogP contribution in [0.15, 0.2) is 60.7 Å². The van der Waals surface area contributed by atoms with E-state index in [1.165, 1.54) is 9.80 Å². The summed E-state index contributed by atoms with van der Waals surface area (Å²) in [6.45, 7) is 5.69. The summed E-state index contributed by atoms with van der Waals surface area (Å²) in [5, 5.41) is 27.3. The number of urea groups is 2. The first kappa shape index (κ1) is 29.8. The number of hydrogen-bond acceptors (Lipinski definition) is 8. The second kappa shape index (κ2) is 11.8. The SMILES string of the molecule is CC1(C)C(=O)N(C[C@@H](O)CNc2ccccc2)C(=O)N1CN1C(=O)N(C[C@@H](O)CNc2ccccc2)C(=O)C1(C)C. The molecule has 2 saturated heterocycles. The van der Waals surface area contributed by atoms with Crippen molar-refractivity contribution in [2.45, 2.75) is 51.0 Å². The quantitative estimate of drug-likeness (QED) is 0.286. The van der Waals surface area contributed by atoms with Gasteiger partial charge in [-0.15, -0.1) is 0 Å². The van der Waals surface area contributed by atoms with Gasteiger partial charge >= 0.3 is 12.1 Å². The highest BCUT2D eigenvalue weighted by Crippen LogP contribution is 2.33. The number of benzene rings is 2. The first-order valence-corrected chi connectivity index (χ1v) is 13.5. The summed E-state index contributed by atoms with van der Waals surface area (Å²) in [6, 6.07) is 17.1. The van der Waals surface area contributed by atoms with E-state index in [9.17, 15) is 29.4 Å². The van der Waals surface area contributed by atoms with Crippen molar-refractivity contribution >= 4 is 35.3 Å². The molecule has 0 aromatic heterocycles. The first-order chi connectivity index (χ1) is 19.3. The second-order valence-corrected chi connectivity index (χ2v) is 11.3. The van der Waals surface area contributed by atoms with Crippen LogP contribution in [-0.2, 0) is 9.59 Å². The minimum Gasteiger partial charge on any atom is -0.389 e. The van der Waals surface area contributed by atoms with E-state index in [1.807, 2.05) is 60.7 Å². The molecule has 2 aliphatic heterocycles. The van der Waals surface area contributed by atoms with Crippen molar-refractivity contribution in [1.29, 1.82) is 0 Å². The number of carbonyl (C=O) groups excluding carboxylic acids is 4. The highest BCUT2D eigenvalue weighted by Gasteiger charge is 2.57. The topological polar surface area (TPSA) is 146 Å². The number of amides is 6. The van der Waals surface area contributed by atoms with Crippen LogP contribution in [0.3, 0.4) is 0 Å². The van der Waals surface area contributed by atoms with Gasteiger partial charge in [-0.2, -0.15) is 0 Å². The van der Waals surface area contributed by atoms with E-state index in [0.29, 0.717) is 0 Å². The van der Waals surface area contributed by atoms with Crippen LogP contribution in [0.1, 0.15) is 27.7 Å². The zero-order valence-corrected chi connectivity index (χ0v) is 23.8. The van der Waals surface area contributed by atoms with Crippen LogP contribution in [0.25, 0.3) is 0 Å². The Bertz CT molecular complexity index is 1170. The van der Waals surface area contributed by atoms with Gasteiger partial charge in [-0.1, -0.05) is 36.4 Å². The predicted molar refractivity (Wildman–Crippen MR) is 153 cm³/mol. The van der Waals surface area contributed by atoms with Crippen LogP contribution < -0.4 is 10.6 Å². The van der Waals surface area contributed by atoms with Crippen LogP contribution in [0.5, 0.6) is 0 Å². The van der Waals surface area contributed by atoms with Crippen molar-refractivity contribution in [3.05, 3.63) is 60.7 Å². The summed E-state index contributed by atoms with van der Waals surface area (Å²) in [6.07, 6.45) is -2.07. The van der Waals surface area contributed by atoms with Crippen molar-refractivity contribution in [2.75, 3.05) is 43.5 Å². The van der Waals surface area contributed by atoms with Crippen molar-refractivity contribution in [3.8, 4) is 0 Å². The molecule has 2 aromatic carbocycles. The van der Waals surface area contributed by atoms with Gasteiger partial charge in [-0.25, -0.2) is 9.59 Å². The summed E-state index contributed by atoms with van der Waals surface area (Å²) in [4.78, 5) is 57.8. The lowest BCUT2D eigenvalue weighted by Crippen LogP contribution is -2.55. The number of aliphatic hydroxyl groups is 2. The molecule has 0 unspecified atom stereocenters. The maximum absolute atomic E-state index is 13.4. The number of nitrogens with one attached hydrogen (secondary N) is 2. The summed E-state index contributed by atoms with van der Waals surface area (Å²) < 4.78 is 0. The van der Waals surface area contributed by atoms with Crippen molar-refractivity contribution in [2.24, 2.45) is 0 Å². The molecule has 2 atom stereocenters. The molecule has 0 bridgehead atoms. The molecule has 4 rings (SSSR count). The number of β-amino-alcohol motifs (C(OH)–C–C–N with tert-alkyl or cyclic N) is 2. The molecule has 41 heavy (non-hydrogen) atoms. The molecule has 2 heterocycles. The van der Waals surface area contributed by atoms with Crippen LogP contribution in [0.2, 0.25) is 0 Å². The number of hydrogen-bond donors (Lipinski definition) is 4. The molecule has 6 amide bonds. The number of nitrogens with zero attached hydrogens (tertiary/aromatic N) is 4. The maximum Gasteiger partial charge on any atom is 0.329 e. The molecular weight excluding hydrogens is 528 g/mol. The number of anilines is 2. The molecule has 12 nitrogen and oxygen atoms in total. The van der Waals surface area contributed by atoms with Gasteiger partial charge in [0.2, 0.25) is 0 Å². The van der Waals surface area contributed by atoms with Gasteiger partial charge in [-0.05, 0) is 52.0 Å². The van der Waals surface area contributed by atoms with E-state index >= 15 is 0 Å². The molecule has 4 N–H and O–H groups in total. The molecule has 2 aromatic rings. The molecular formula is C29H38N6O6. The Morgan fingerprint density at radius 1 is 0.634 bits per heavy atom. The fourth-order valence-corrected chi connectivity index (χ4v) is 4.91. The molecule has 0 saturated carbocycles. The molecule has 220 valence electrons. The van der Waals surface area contributed by atoms with Crippen molar-refractivity contribution < 1.29 is 29.4 Å². The van der Waals surface area contributed by atoms with Gasteiger partial charge in [-0.3, -0.25) is 29.2 Å². The maximum atomic E-state index is 13.4. The minimum atomic E-state index is -1.32. The number of rotatable bonds is 12. The molecule has 12 heteroatoms. The lowest BCUT2D eigenvalue weighted by atomic mass is 10.0. The predicted octanol–water partition coefficient (Wildman–Crippen LogP) is 1.98. The van der Waals surface area contributed by atoms with Gasteiger partial charge in [0.25, 0.3) is 11.8 Å². The summed E-state index contributed by atoms with van der Waals surface area (Å²) in [5.74, 6) is -1.03. The second-order valence-electron chi connectivity index (χ2n) is 11.3. The van der Waals surface area contributed by atoms with Gasteiger partial charge in [0.1, 0.15) is 17.7 Å². The Morgan fingerprint density at radius 3 is 1.32 bits per heavy atom. The monoisotopic (exact) mass is 566 g/mol. The number of imide groups is 2. The van der Waals surface area contributed by atoms with Crippen LogP contribution in [0, 0.1) is 0 Å². The molecule has 0 spiro atoms. The van der Waals surface area contributed by atoms with Crippen molar-refractivity contribution in [3.63, 3.8) is 0 Å². The Labute approximate surface area is 239 Å². The Hall–Kier alpha value is -4.16. The zero-order valence-electron chi connectivity index (χ0n) is 23.8. The third-order valence-electron chi connectivity index (χ3n) is 7.51. The summed E-state index contributed by atoms with van der Waals surface area (Å²) in [5.41, 5.74) is -1.07. The van der Waals surface area contributed by atoms with Gasteiger partial charge in [0, 0.05) is 24.5 Å². The molecule has 2 aliphatic rings. The average Bonchev–Trinajstić information content (AvgIpc) is 3.21. The van der Waals surface area contributed by atoms with Crippen LogP contribution >= 0.6 is 0 Å². The van der Waals surface area contributed by atoms with Crippen molar-refractivity contribution in [1.82, 2.24) is 19.6 Å². The lowest BCUT2D eigenvalue weighted by molar-refractivity contribution is -0.133. The molecule has 0 radical (unpaired) electrons. The van der Waals surface area contributed by atoms with E-state index in [-0.39, 0.29) is 32.8 Å². The highest BCUT2D eigenvalue weighted by atomic mass is 16.3. The normalized spacial score (nSPS) is 19.7. The number of carbonyl (C=O) groups is 4. The third kappa shape index (κ3) is 6.13. The van der Waals surface area contributed by atoms with Gasteiger partial charge < -0.3 is 20.8 Å². The Morgan fingerprint density at radius 2 is 0.976 bits per heavy atom. The third-order valence-corrected chi connectivity index (χ3v) is 7.51. The standard InChI is InChI=1S/C29H38N6O6/c1-28(2)24(38)32(17-22(36)15-30-20-11-7-5-8-12-20)26(40)34(28)19-35-27(41)33(25(39)29(35,3)4)18-23(37)16-31-21-13-9-6-10-14-21/h5-14,22-23,30-31,36-37H,15-19H2,1-4H3/t22-,23-/m0/s1. The number of aliphatic hydroxyl groups excluding tert-OH is 2. The lowest BCUT2D eigenvalue weighted by Gasteiger charge is -2.36.